The van der Waals surface area contributed by atoms with Crippen molar-refractivity contribution >= 4 is 18.4 Å². The molecule has 3 N–H and O–H groups in total. The van der Waals surface area contributed by atoms with E-state index in [9.17, 15) is 9.90 Å². The fourth-order valence-electron chi connectivity index (χ4n) is 2.42. The molecule has 5 nitrogen and oxygen atoms in total. The molecule has 6 heteroatoms. The van der Waals surface area contributed by atoms with Crippen LogP contribution in [0.2, 0.25) is 0 Å². The first-order chi connectivity index (χ1) is 11.7. The van der Waals surface area contributed by atoms with Crippen molar-refractivity contribution in [1.29, 1.82) is 0 Å². The van der Waals surface area contributed by atoms with Crippen LogP contribution >= 0.6 is 12.4 Å². The Balaban J connectivity index is 0.00000312. The summed E-state index contributed by atoms with van der Waals surface area (Å²) >= 11 is 0. The van der Waals surface area contributed by atoms with Crippen LogP contribution in [0.15, 0.2) is 54.6 Å². The van der Waals surface area contributed by atoms with E-state index in [2.05, 4.69) is 5.32 Å². The van der Waals surface area contributed by atoms with Gasteiger partial charge in [-0.2, -0.15) is 0 Å². The number of carboxylic acids is 1. The van der Waals surface area contributed by atoms with Crippen LogP contribution in [0, 0.1) is 0 Å². The summed E-state index contributed by atoms with van der Waals surface area (Å²) in [6.45, 7) is 1.31. The number of carboxylic acid groups (broad SMARTS) is 1. The zero-order valence-electron chi connectivity index (χ0n) is 13.9. The molecule has 0 aliphatic heterocycles. The first-order valence-electron chi connectivity index (χ1n) is 7.99. The van der Waals surface area contributed by atoms with Gasteiger partial charge in [-0.3, -0.25) is 0 Å². The van der Waals surface area contributed by atoms with Gasteiger partial charge in [0.25, 0.3) is 0 Å². The molecular weight excluding hydrogens is 342 g/mol. The first-order valence-corrected chi connectivity index (χ1v) is 7.99. The number of hydrogen-bond donors (Lipinski definition) is 3. The van der Waals surface area contributed by atoms with E-state index >= 15 is 0 Å². The predicted molar refractivity (Wildman–Crippen MR) is 99.7 cm³/mol. The van der Waals surface area contributed by atoms with Crippen molar-refractivity contribution in [2.75, 3.05) is 26.3 Å². The fourth-order valence-corrected chi connectivity index (χ4v) is 2.42. The second-order valence-corrected chi connectivity index (χ2v) is 5.57. The summed E-state index contributed by atoms with van der Waals surface area (Å²) in [5, 5.41) is 21.5. The van der Waals surface area contributed by atoms with Gasteiger partial charge in [-0.05, 0) is 36.2 Å². The largest absolute Gasteiger partial charge is 0.482 e. The van der Waals surface area contributed by atoms with Crippen molar-refractivity contribution in [3.8, 4) is 5.75 Å². The minimum absolute atomic E-state index is 0. The lowest BCUT2D eigenvalue weighted by molar-refractivity contribution is -0.139. The Kier molecular flexibility index (Phi) is 9.62. The highest BCUT2D eigenvalue weighted by Gasteiger charge is 2.09. The van der Waals surface area contributed by atoms with Crippen LogP contribution in [0.3, 0.4) is 0 Å². The lowest BCUT2D eigenvalue weighted by atomic mass is 10.00. The standard InChI is InChI=1S/C19H23NO4.ClH/c21-13-17(16-4-2-1-3-5-16)12-20-11-10-15-6-8-18(9-7-15)24-14-19(22)23;/h1-9,17,20-21H,10-14H2,(H,22,23);1H. The predicted octanol–water partition coefficient (Wildman–Crippen LogP) is 2.48. The van der Waals surface area contributed by atoms with E-state index in [4.69, 9.17) is 9.84 Å². The van der Waals surface area contributed by atoms with Crippen LogP contribution in [0.5, 0.6) is 5.75 Å². The SMILES string of the molecule is Cl.O=C(O)COc1ccc(CCNCC(CO)c2ccccc2)cc1. The molecule has 0 radical (unpaired) electrons. The molecule has 0 aliphatic carbocycles. The summed E-state index contributed by atoms with van der Waals surface area (Å²) in [4.78, 5) is 10.4. The van der Waals surface area contributed by atoms with Gasteiger partial charge in [0.1, 0.15) is 5.75 Å². The molecule has 0 amide bonds. The lowest BCUT2D eigenvalue weighted by Gasteiger charge is -2.15. The molecule has 2 aromatic carbocycles. The number of aliphatic carboxylic acids is 1. The molecule has 0 saturated carbocycles. The van der Waals surface area contributed by atoms with Crippen molar-refractivity contribution in [1.82, 2.24) is 5.32 Å². The molecule has 0 aliphatic rings. The monoisotopic (exact) mass is 365 g/mol. The average Bonchev–Trinajstić information content (AvgIpc) is 2.62. The molecule has 2 aromatic rings. The van der Waals surface area contributed by atoms with Gasteiger partial charge in [-0.1, -0.05) is 42.5 Å². The van der Waals surface area contributed by atoms with E-state index < -0.39 is 5.97 Å². The van der Waals surface area contributed by atoms with E-state index in [0.29, 0.717) is 5.75 Å². The van der Waals surface area contributed by atoms with Crippen molar-refractivity contribution in [2.24, 2.45) is 0 Å². The highest BCUT2D eigenvalue weighted by molar-refractivity contribution is 5.85. The maximum absolute atomic E-state index is 10.4. The molecule has 0 saturated heterocycles. The van der Waals surface area contributed by atoms with Crippen LogP contribution in [0.4, 0.5) is 0 Å². The Labute approximate surface area is 154 Å². The van der Waals surface area contributed by atoms with Gasteiger partial charge in [0, 0.05) is 12.5 Å². The van der Waals surface area contributed by atoms with Crippen molar-refractivity contribution < 1.29 is 19.7 Å². The number of halogens is 1. The first kappa shape index (κ1) is 21.0. The molecule has 1 atom stereocenters. The van der Waals surface area contributed by atoms with E-state index in [1.165, 1.54) is 0 Å². The summed E-state index contributed by atoms with van der Waals surface area (Å²) in [6, 6.07) is 17.4. The number of rotatable bonds is 10. The van der Waals surface area contributed by atoms with Gasteiger partial charge >= 0.3 is 5.97 Å². The quantitative estimate of drug-likeness (QED) is 0.564. The minimum Gasteiger partial charge on any atom is -0.482 e. The lowest BCUT2D eigenvalue weighted by Crippen LogP contribution is -2.25. The summed E-state index contributed by atoms with van der Waals surface area (Å²) < 4.78 is 5.10. The summed E-state index contributed by atoms with van der Waals surface area (Å²) in [7, 11) is 0. The summed E-state index contributed by atoms with van der Waals surface area (Å²) in [5.74, 6) is -0.336. The fraction of sp³-hybridized carbons (Fsp3) is 0.316. The molecule has 0 fully saturated rings. The molecular formula is C19H24ClNO4. The third-order valence-corrected chi connectivity index (χ3v) is 3.76. The third-order valence-electron chi connectivity index (χ3n) is 3.76. The Morgan fingerprint density at radius 1 is 1.08 bits per heavy atom. The number of ether oxygens (including phenoxy) is 1. The maximum Gasteiger partial charge on any atom is 0.341 e. The number of carbonyl (C=O) groups is 1. The highest BCUT2D eigenvalue weighted by atomic mass is 35.5. The average molecular weight is 366 g/mol. The van der Waals surface area contributed by atoms with Gasteiger partial charge < -0.3 is 20.3 Å². The van der Waals surface area contributed by atoms with Crippen molar-refractivity contribution in [2.45, 2.75) is 12.3 Å². The van der Waals surface area contributed by atoms with Gasteiger partial charge in [-0.15, -0.1) is 12.4 Å². The topological polar surface area (TPSA) is 78.8 Å². The molecule has 1 unspecified atom stereocenters. The second kappa shape index (κ2) is 11.5. The molecule has 0 aromatic heterocycles. The Morgan fingerprint density at radius 3 is 2.36 bits per heavy atom. The summed E-state index contributed by atoms with van der Waals surface area (Å²) in [6.07, 6.45) is 0.853. The molecule has 2 rings (SSSR count). The number of benzene rings is 2. The van der Waals surface area contributed by atoms with E-state index in [0.717, 1.165) is 30.6 Å². The Bertz CT molecular complexity index is 619. The zero-order chi connectivity index (χ0) is 17.2. The van der Waals surface area contributed by atoms with Gasteiger partial charge in [-0.25, -0.2) is 4.79 Å². The maximum atomic E-state index is 10.4. The van der Waals surface area contributed by atoms with Crippen LogP contribution in [-0.4, -0.2) is 42.5 Å². The molecule has 0 spiro atoms. The number of nitrogens with one attached hydrogen (secondary N) is 1. The summed E-state index contributed by atoms with van der Waals surface area (Å²) in [5.41, 5.74) is 2.28. The van der Waals surface area contributed by atoms with Crippen molar-refractivity contribution in [3.63, 3.8) is 0 Å². The van der Waals surface area contributed by atoms with Crippen LogP contribution in [0.25, 0.3) is 0 Å². The van der Waals surface area contributed by atoms with Gasteiger partial charge in [0.2, 0.25) is 0 Å². The number of aliphatic hydroxyl groups is 1. The third kappa shape index (κ3) is 7.56. The smallest absolute Gasteiger partial charge is 0.341 e. The number of hydrogen-bond acceptors (Lipinski definition) is 4. The van der Waals surface area contributed by atoms with E-state index in [1.807, 2.05) is 42.5 Å². The van der Waals surface area contributed by atoms with Crippen LogP contribution in [-0.2, 0) is 11.2 Å². The second-order valence-electron chi connectivity index (χ2n) is 5.57. The normalized spacial score (nSPS) is 11.4. The highest BCUT2D eigenvalue weighted by Crippen LogP contribution is 2.14. The zero-order valence-corrected chi connectivity index (χ0v) is 14.7. The van der Waals surface area contributed by atoms with Crippen LogP contribution in [0.1, 0.15) is 17.0 Å². The minimum atomic E-state index is -0.986. The van der Waals surface area contributed by atoms with Crippen LogP contribution < -0.4 is 10.1 Å². The van der Waals surface area contributed by atoms with Crippen molar-refractivity contribution in [3.05, 3.63) is 65.7 Å². The van der Waals surface area contributed by atoms with Gasteiger partial charge in [0.05, 0.1) is 6.61 Å². The van der Waals surface area contributed by atoms with E-state index in [-0.39, 0.29) is 31.5 Å². The molecule has 25 heavy (non-hydrogen) atoms. The molecule has 0 heterocycles. The Morgan fingerprint density at radius 2 is 1.76 bits per heavy atom. The van der Waals surface area contributed by atoms with Gasteiger partial charge in [0.15, 0.2) is 6.61 Å². The van der Waals surface area contributed by atoms with E-state index in [1.54, 1.807) is 12.1 Å². The Hall–Kier alpha value is -2.08. The molecule has 0 bridgehead atoms. The molecule has 136 valence electrons. The number of aliphatic hydroxyl groups excluding tert-OH is 1.